The van der Waals surface area contributed by atoms with Crippen molar-refractivity contribution in [2.75, 3.05) is 20.3 Å². The van der Waals surface area contributed by atoms with Gasteiger partial charge in [0, 0.05) is 28.6 Å². The zero-order valence-corrected chi connectivity index (χ0v) is 11.6. The van der Waals surface area contributed by atoms with E-state index in [4.69, 9.17) is 4.74 Å². The molecule has 1 fully saturated rings. The van der Waals surface area contributed by atoms with Crippen molar-refractivity contribution < 1.29 is 4.74 Å². The van der Waals surface area contributed by atoms with Crippen molar-refractivity contribution in [3.63, 3.8) is 0 Å². The second-order valence-electron chi connectivity index (χ2n) is 3.71. The van der Waals surface area contributed by atoms with E-state index in [0.29, 0.717) is 11.3 Å². The summed E-state index contributed by atoms with van der Waals surface area (Å²) < 4.78 is 6.58. The molecule has 2 unspecified atom stereocenters. The number of hydrogen-bond acceptors (Lipinski definition) is 4. The van der Waals surface area contributed by atoms with Gasteiger partial charge in [-0.1, -0.05) is 11.8 Å². The molecule has 0 amide bonds. The van der Waals surface area contributed by atoms with Gasteiger partial charge in [0.25, 0.3) is 0 Å². The molecule has 1 aromatic heterocycles. The van der Waals surface area contributed by atoms with Crippen LogP contribution < -0.4 is 5.32 Å². The highest BCUT2D eigenvalue weighted by molar-refractivity contribution is 9.10. The first-order chi connectivity index (χ1) is 7.81. The minimum Gasteiger partial charge on any atom is -0.380 e. The first-order valence-electron chi connectivity index (χ1n) is 5.33. The Bertz CT molecular complexity index is 351. The highest BCUT2D eigenvalue weighted by Gasteiger charge is 2.26. The number of pyridine rings is 1. The predicted octanol–water partition coefficient (Wildman–Crippen LogP) is 2.31. The van der Waals surface area contributed by atoms with Gasteiger partial charge in [0.2, 0.25) is 0 Å². The van der Waals surface area contributed by atoms with Crippen LogP contribution >= 0.6 is 27.7 Å². The normalized spacial score (nSPS) is 25.6. The van der Waals surface area contributed by atoms with Crippen LogP contribution in [0.15, 0.2) is 27.8 Å². The second-order valence-corrected chi connectivity index (χ2v) is 5.79. The molecule has 2 rings (SSSR count). The Morgan fingerprint density at radius 2 is 2.50 bits per heavy atom. The maximum Gasteiger partial charge on any atom is 0.111 e. The zero-order valence-electron chi connectivity index (χ0n) is 9.15. The maximum absolute atomic E-state index is 5.52. The molecule has 1 aliphatic heterocycles. The zero-order chi connectivity index (χ0) is 11.4. The summed E-state index contributed by atoms with van der Waals surface area (Å²) in [5.74, 6) is 0. The molecule has 0 spiro atoms. The van der Waals surface area contributed by atoms with E-state index in [0.717, 1.165) is 29.1 Å². The van der Waals surface area contributed by atoms with Crippen LogP contribution in [-0.4, -0.2) is 36.5 Å². The molecule has 0 radical (unpaired) electrons. The molecule has 1 saturated heterocycles. The number of thioether (sulfide) groups is 1. The van der Waals surface area contributed by atoms with E-state index < -0.39 is 0 Å². The molecule has 0 bridgehead atoms. The van der Waals surface area contributed by atoms with Crippen LogP contribution in [0.1, 0.15) is 6.42 Å². The number of nitrogens with one attached hydrogen (secondary N) is 1. The number of halogens is 1. The van der Waals surface area contributed by atoms with E-state index in [-0.39, 0.29) is 0 Å². The SMILES string of the molecule is CNC1CCOCC1Sc1ncccc1Br. The highest BCUT2D eigenvalue weighted by Crippen LogP contribution is 2.31. The summed E-state index contributed by atoms with van der Waals surface area (Å²) in [6.07, 6.45) is 2.89. The molecule has 88 valence electrons. The highest BCUT2D eigenvalue weighted by atomic mass is 79.9. The van der Waals surface area contributed by atoms with Gasteiger partial charge in [-0.05, 0) is 41.5 Å². The molecule has 16 heavy (non-hydrogen) atoms. The molecule has 0 aliphatic carbocycles. The van der Waals surface area contributed by atoms with E-state index in [1.165, 1.54) is 0 Å². The molecular weight excluding hydrogens is 288 g/mol. The summed E-state index contributed by atoms with van der Waals surface area (Å²) in [5.41, 5.74) is 0. The fourth-order valence-electron chi connectivity index (χ4n) is 1.76. The maximum atomic E-state index is 5.52. The Morgan fingerprint density at radius 1 is 1.62 bits per heavy atom. The Morgan fingerprint density at radius 3 is 3.25 bits per heavy atom. The summed E-state index contributed by atoms with van der Waals surface area (Å²) in [6, 6.07) is 4.46. The fraction of sp³-hybridized carbons (Fsp3) is 0.545. The van der Waals surface area contributed by atoms with E-state index in [9.17, 15) is 0 Å². The minimum atomic E-state index is 0.435. The molecule has 0 aromatic carbocycles. The number of ether oxygens (including phenoxy) is 1. The summed E-state index contributed by atoms with van der Waals surface area (Å²) >= 11 is 5.30. The van der Waals surface area contributed by atoms with Crippen molar-refractivity contribution in [2.24, 2.45) is 0 Å². The number of aromatic nitrogens is 1. The van der Waals surface area contributed by atoms with Crippen LogP contribution in [0, 0.1) is 0 Å². The third kappa shape index (κ3) is 2.97. The summed E-state index contributed by atoms with van der Waals surface area (Å²) in [6.45, 7) is 1.64. The van der Waals surface area contributed by atoms with Gasteiger partial charge in [-0.2, -0.15) is 0 Å². The van der Waals surface area contributed by atoms with Crippen molar-refractivity contribution in [2.45, 2.75) is 22.7 Å². The van der Waals surface area contributed by atoms with Crippen molar-refractivity contribution in [3.05, 3.63) is 22.8 Å². The molecule has 1 N–H and O–H groups in total. The first kappa shape index (κ1) is 12.4. The fourth-order valence-corrected chi connectivity index (χ4v) is 3.48. The average molecular weight is 303 g/mol. The lowest BCUT2D eigenvalue weighted by Gasteiger charge is -2.30. The smallest absolute Gasteiger partial charge is 0.111 e. The number of rotatable bonds is 3. The van der Waals surface area contributed by atoms with Crippen LogP contribution in [0.5, 0.6) is 0 Å². The van der Waals surface area contributed by atoms with E-state index >= 15 is 0 Å². The summed E-state index contributed by atoms with van der Waals surface area (Å²) in [4.78, 5) is 4.37. The molecule has 1 aliphatic rings. The van der Waals surface area contributed by atoms with Gasteiger partial charge >= 0.3 is 0 Å². The topological polar surface area (TPSA) is 34.1 Å². The van der Waals surface area contributed by atoms with Crippen molar-refractivity contribution >= 4 is 27.7 Å². The molecule has 2 heterocycles. The van der Waals surface area contributed by atoms with Crippen LogP contribution in [0.3, 0.4) is 0 Å². The quantitative estimate of drug-likeness (QED) is 0.929. The Kier molecular flexibility index (Phi) is 4.64. The third-order valence-corrected chi connectivity index (χ3v) is 4.88. The molecule has 1 aromatic rings. The second kappa shape index (κ2) is 6.00. The van der Waals surface area contributed by atoms with Gasteiger partial charge in [0.1, 0.15) is 5.03 Å². The number of nitrogens with zero attached hydrogens (tertiary/aromatic N) is 1. The largest absolute Gasteiger partial charge is 0.380 e. The van der Waals surface area contributed by atoms with Gasteiger partial charge in [0.05, 0.1) is 6.61 Å². The Hall–Kier alpha value is -0.100. The molecule has 0 saturated carbocycles. The lowest BCUT2D eigenvalue weighted by atomic mass is 10.1. The van der Waals surface area contributed by atoms with E-state index in [1.54, 1.807) is 11.8 Å². The monoisotopic (exact) mass is 302 g/mol. The Labute approximate surface area is 108 Å². The molecule has 5 heteroatoms. The van der Waals surface area contributed by atoms with Crippen LogP contribution in [0.4, 0.5) is 0 Å². The summed E-state index contributed by atoms with van der Waals surface area (Å²) in [7, 11) is 2.01. The van der Waals surface area contributed by atoms with Crippen molar-refractivity contribution in [1.29, 1.82) is 0 Å². The minimum absolute atomic E-state index is 0.435. The van der Waals surface area contributed by atoms with Crippen LogP contribution in [0.2, 0.25) is 0 Å². The van der Waals surface area contributed by atoms with Gasteiger partial charge in [-0.25, -0.2) is 4.98 Å². The number of hydrogen-bond donors (Lipinski definition) is 1. The molecule has 3 nitrogen and oxygen atoms in total. The lowest BCUT2D eigenvalue weighted by molar-refractivity contribution is 0.0850. The van der Waals surface area contributed by atoms with Crippen LogP contribution in [-0.2, 0) is 4.74 Å². The molecular formula is C11H15BrN2OS. The van der Waals surface area contributed by atoms with E-state index in [2.05, 4.69) is 26.2 Å². The average Bonchev–Trinajstić information content (AvgIpc) is 2.33. The Balaban J connectivity index is 2.05. The third-order valence-electron chi connectivity index (χ3n) is 2.66. The lowest BCUT2D eigenvalue weighted by Crippen LogP contribution is -2.43. The van der Waals surface area contributed by atoms with Gasteiger partial charge in [-0.15, -0.1) is 0 Å². The van der Waals surface area contributed by atoms with Crippen molar-refractivity contribution in [1.82, 2.24) is 10.3 Å². The van der Waals surface area contributed by atoms with Gasteiger partial charge in [-0.3, -0.25) is 0 Å². The predicted molar refractivity (Wildman–Crippen MR) is 69.9 cm³/mol. The van der Waals surface area contributed by atoms with E-state index in [1.807, 2.05) is 25.4 Å². The summed E-state index contributed by atoms with van der Waals surface area (Å²) in [5, 5.41) is 4.82. The van der Waals surface area contributed by atoms with Gasteiger partial charge < -0.3 is 10.1 Å². The van der Waals surface area contributed by atoms with Crippen LogP contribution in [0.25, 0.3) is 0 Å². The first-order valence-corrected chi connectivity index (χ1v) is 7.00. The van der Waals surface area contributed by atoms with Gasteiger partial charge in [0.15, 0.2) is 0 Å². The molecule has 2 atom stereocenters. The standard InChI is InChI=1S/C11H15BrN2OS/c1-13-9-4-6-15-7-10(9)16-11-8(12)3-2-5-14-11/h2-3,5,9-10,13H,4,6-7H2,1H3. The van der Waals surface area contributed by atoms with Crippen molar-refractivity contribution in [3.8, 4) is 0 Å².